The molecule has 31 heavy (non-hydrogen) atoms. The molecule has 3 fully saturated rings. The summed E-state index contributed by atoms with van der Waals surface area (Å²) in [7, 11) is 0. The fourth-order valence-electron chi connectivity index (χ4n) is 6.34. The van der Waals surface area contributed by atoms with Gasteiger partial charge >= 0.3 is 0 Å². The van der Waals surface area contributed by atoms with Gasteiger partial charge in [-0.05, 0) is 56.6 Å². The molecule has 1 aromatic carbocycles. The Morgan fingerprint density at radius 1 is 1.19 bits per heavy atom. The number of nitrogens with zero attached hydrogens (tertiary/aromatic N) is 2. The van der Waals surface area contributed by atoms with Crippen LogP contribution in [0.5, 0.6) is 0 Å². The first-order chi connectivity index (χ1) is 14.9. The number of aryl methyl sites for hydroxylation is 1. The van der Waals surface area contributed by atoms with E-state index in [1.807, 2.05) is 6.92 Å². The summed E-state index contributed by atoms with van der Waals surface area (Å²) in [6.07, 6.45) is 5.72. The number of rotatable bonds is 3. The van der Waals surface area contributed by atoms with Crippen molar-refractivity contribution in [1.82, 2.24) is 15.1 Å². The lowest BCUT2D eigenvalue weighted by atomic mass is 9.89. The van der Waals surface area contributed by atoms with Crippen LogP contribution in [0.1, 0.15) is 50.2 Å². The van der Waals surface area contributed by atoms with Gasteiger partial charge < -0.3 is 15.5 Å². The molecule has 7 heteroatoms. The van der Waals surface area contributed by atoms with Crippen LogP contribution in [0.15, 0.2) is 12.1 Å². The third-order valence-electron chi connectivity index (χ3n) is 8.00. The second-order valence-corrected chi connectivity index (χ2v) is 9.93. The van der Waals surface area contributed by atoms with E-state index < -0.39 is 6.04 Å². The highest BCUT2D eigenvalue weighted by atomic mass is 19.1. The highest BCUT2D eigenvalue weighted by Crippen LogP contribution is 2.36. The van der Waals surface area contributed by atoms with Crippen molar-refractivity contribution < 1.29 is 14.0 Å². The number of anilines is 1. The van der Waals surface area contributed by atoms with E-state index in [4.69, 9.17) is 0 Å². The summed E-state index contributed by atoms with van der Waals surface area (Å²) in [5.41, 5.74) is 2.38. The van der Waals surface area contributed by atoms with Crippen LogP contribution >= 0.6 is 0 Å². The lowest BCUT2D eigenvalue weighted by Crippen LogP contribution is -2.49. The molecule has 3 heterocycles. The Balaban J connectivity index is 1.18. The molecule has 0 bridgehead atoms. The van der Waals surface area contributed by atoms with Crippen LogP contribution in [-0.4, -0.2) is 65.4 Å². The molecule has 1 saturated carbocycles. The van der Waals surface area contributed by atoms with Crippen molar-refractivity contribution in [1.29, 1.82) is 0 Å². The summed E-state index contributed by atoms with van der Waals surface area (Å²) in [4.78, 5) is 29.5. The largest absolute Gasteiger partial charge is 0.373 e. The van der Waals surface area contributed by atoms with E-state index in [1.165, 1.54) is 6.07 Å². The van der Waals surface area contributed by atoms with Crippen molar-refractivity contribution in [2.24, 2.45) is 5.92 Å². The van der Waals surface area contributed by atoms with Gasteiger partial charge in [-0.1, -0.05) is 6.07 Å². The van der Waals surface area contributed by atoms with Crippen molar-refractivity contribution in [3.63, 3.8) is 0 Å². The minimum Gasteiger partial charge on any atom is -0.373 e. The quantitative estimate of drug-likeness (QED) is 0.776. The molecule has 0 aromatic heterocycles. The van der Waals surface area contributed by atoms with Crippen LogP contribution in [-0.2, 0) is 16.0 Å². The molecule has 4 aliphatic rings. The third-order valence-corrected chi connectivity index (χ3v) is 8.00. The van der Waals surface area contributed by atoms with Crippen molar-refractivity contribution in [2.45, 2.75) is 76.5 Å². The number of halogens is 1. The molecular weight excluding hydrogens is 395 g/mol. The standard InChI is InChI=1S/C24H33FN4O2/c1-14-6-7-20(25)19-11-21(27-23(14)19)24(31)26-17-4-3-5-18(10-17)28-12-16-8-9-29(15(2)30)22(16)13-28/h6-7,16-18,21-22,27H,3-5,8-13H2,1-2H3,(H,26,31)/t16-,17-,18?,21?,22+/m1/s1. The van der Waals surface area contributed by atoms with E-state index >= 15 is 0 Å². The number of carbonyl (C=O) groups is 2. The Bertz CT molecular complexity index is 860. The summed E-state index contributed by atoms with van der Waals surface area (Å²) in [6.45, 7) is 6.56. The number of amides is 2. The molecule has 3 aliphatic heterocycles. The zero-order valence-electron chi connectivity index (χ0n) is 18.5. The molecule has 5 rings (SSSR count). The molecule has 168 valence electrons. The van der Waals surface area contributed by atoms with Crippen molar-refractivity contribution in [3.8, 4) is 0 Å². The van der Waals surface area contributed by atoms with Crippen LogP contribution in [0.2, 0.25) is 0 Å². The van der Waals surface area contributed by atoms with Crippen molar-refractivity contribution in [3.05, 3.63) is 29.1 Å². The van der Waals surface area contributed by atoms with Crippen LogP contribution in [0.4, 0.5) is 10.1 Å². The maximum Gasteiger partial charge on any atom is 0.243 e. The fourth-order valence-corrected chi connectivity index (χ4v) is 6.34. The number of hydrogen-bond acceptors (Lipinski definition) is 4. The summed E-state index contributed by atoms with van der Waals surface area (Å²) < 4.78 is 14.2. The zero-order chi connectivity index (χ0) is 21.7. The van der Waals surface area contributed by atoms with Gasteiger partial charge in [0.15, 0.2) is 0 Å². The van der Waals surface area contributed by atoms with Gasteiger partial charge in [-0.3, -0.25) is 14.5 Å². The average Bonchev–Trinajstić information content (AvgIpc) is 3.44. The first-order valence-electron chi connectivity index (χ1n) is 11.8. The molecule has 0 spiro atoms. The number of likely N-dealkylation sites (tertiary alicyclic amines) is 2. The Hall–Kier alpha value is -2.15. The summed E-state index contributed by atoms with van der Waals surface area (Å²) in [6, 6.07) is 3.83. The molecule has 2 unspecified atom stereocenters. The normalized spacial score (nSPS) is 32.5. The predicted octanol–water partition coefficient (Wildman–Crippen LogP) is 2.45. The van der Waals surface area contributed by atoms with Crippen LogP contribution in [0, 0.1) is 18.7 Å². The summed E-state index contributed by atoms with van der Waals surface area (Å²) in [5.74, 6) is 0.528. The van der Waals surface area contributed by atoms with Gasteiger partial charge in [-0.15, -0.1) is 0 Å². The van der Waals surface area contributed by atoms with Gasteiger partial charge in [-0.25, -0.2) is 4.39 Å². The van der Waals surface area contributed by atoms with Crippen molar-refractivity contribution in [2.75, 3.05) is 25.0 Å². The molecular formula is C24H33FN4O2. The minimum absolute atomic E-state index is 0.0262. The van der Waals surface area contributed by atoms with Gasteiger partial charge in [0.1, 0.15) is 11.9 Å². The monoisotopic (exact) mass is 428 g/mol. The Morgan fingerprint density at radius 2 is 2.03 bits per heavy atom. The molecule has 1 aliphatic carbocycles. The molecule has 2 N–H and O–H groups in total. The number of fused-ring (bicyclic) bond motifs is 2. The van der Waals surface area contributed by atoms with E-state index in [0.717, 1.165) is 63.0 Å². The van der Waals surface area contributed by atoms with E-state index in [-0.39, 0.29) is 23.7 Å². The topological polar surface area (TPSA) is 64.7 Å². The highest BCUT2D eigenvalue weighted by molar-refractivity contribution is 5.88. The second-order valence-electron chi connectivity index (χ2n) is 9.93. The van der Waals surface area contributed by atoms with Gasteiger partial charge in [0.05, 0.1) is 0 Å². The van der Waals surface area contributed by atoms with Crippen LogP contribution in [0.25, 0.3) is 0 Å². The van der Waals surface area contributed by atoms with Gasteiger partial charge in [0.25, 0.3) is 0 Å². The van der Waals surface area contributed by atoms with Gasteiger partial charge in [0.2, 0.25) is 11.8 Å². The van der Waals surface area contributed by atoms with E-state index in [0.29, 0.717) is 30.0 Å². The maximum atomic E-state index is 14.2. The lowest BCUT2D eigenvalue weighted by Gasteiger charge is -2.36. The first-order valence-corrected chi connectivity index (χ1v) is 11.8. The predicted molar refractivity (Wildman–Crippen MR) is 117 cm³/mol. The molecule has 1 aromatic rings. The minimum atomic E-state index is -0.402. The average molecular weight is 429 g/mol. The summed E-state index contributed by atoms with van der Waals surface area (Å²) in [5, 5.41) is 6.49. The van der Waals surface area contributed by atoms with Crippen molar-refractivity contribution >= 4 is 17.5 Å². The lowest BCUT2D eigenvalue weighted by molar-refractivity contribution is -0.129. The molecule has 5 atom stereocenters. The second kappa shape index (κ2) is 8.08. The number of benzene rings is 1. The third kappa shape index (κ3) is 3.81. The summed E-state index contributed by atoms with van der Waals surface area (Å²) >= 11 is 0. The Labute approximate surface area is 183 Å². The van der Waals surface area contributed by atoms with E-state index in [9.17, 15) is 14.0 Å². The number of carbonyl (C=O) groups excluding carboxylic acids is 2. The van der Waals surface area contributed by atoms with E-state index in [1.54, 1.807) is 13.0 Å². The van der Waals surface area contributed by atoms with Gasteiger partial charge in [0, 0.05) is 62.4 Å². The number of hydrogen-bond donors (Lipinski definition) is 2. The maximum absolute atomic E-state index is 14.2. The van der Waals surface area contributed by atoms with Crippen LogP contribution in [0.3, 0.4) is 0 Å². The SMILES string of the molecule is CC(=O)N1CC[C@@H]2CN(C3CCC[C@@H](NC(=O)C4Cc5c(F)ccc(C)c5N4)C3)C[C@@H]21. The smallest absolute Gasteiger partial charge is 0.243 e. The molecule has 2 saturated heterocycles. The first kappa shape index (κ1) is 20.7. The van der Waals surface area contributed by atoms with Gasteiger partial charge in [-0.2, -0.15) is 0 Å². The zero-order valence-corrected chi connectivity index (χ0v) is 18.5. The van der Waals surface area contributed by atoms with Crippen LogP contribution < -0.4 is 10.6 Å². The highest BCUT2D eigenvalue weighted by Gasteiger charge is 2.44. The molecule has 0 radical (unpaired) electrons. The number of nitrogens with one attached hydrogen (secondary N) is 2. The van der Waals surface area contributed by atoms with E-state index in [2.05, 4.69) is 20.4 Å². The molecule has 2 amide bonds. The Morgan fingerprint density at radius 3 is 2.81 bits per heavy atom. The Kier molecular flexibility index (Phi) is 5.40. The fraction of sp³-hybridized carbons (Fsp3) is 0.667. The molecule has 6 nitrogen and oxygen atoms in total.